The number of likely N-dealkylation sites (tertiary alicyclic amines) is 1. The molecule has 1 fully saturated rings. The van der Waals surface area contributed by atoms with Gasteiger partial charge in [0.1, 0.15) is 36.8 Å². The maximum atomic E-state index is 14.0. The van der Waals surface area contributed by atoms with Crippen molar-refractivity contribution in [3.8, 4) is 27.3 Å². The SMILES string of the molecule is Cc1ncsc1-c1ccc(CNC(=O)[C@@H]2C[C@@H](O)CN2C(=O)C(NC(=O)COCCOCCOc2ccc3c(c2)c2c(C(N)=O)cc(-c4c(C)noc4C)cc2n3Cc2ccccc2)C(C)(C)C)cc1. The van der Waals surface area contributed by atoms with Gasteiger partial charge in [-0.2, -0.15) is 0 Å². The lowest BCUT2D eigenvalue weighted by molar-refractivity contribution is -0.144. The molecule has 3 aromatic heterocycles. The van der Waals surface area contributed by atoms with Crippen LogP contribution >= 0.6 is 11.3 Å². The van der Waals surface area contributed by atoms with Gasteiger partial charge in [-0.3, -0.25) is 19.2 Å². The molecule has 0 radical (unpaired) electrons. The Labute approximate surface area is 410 Å². The largest absolute Gasteiger partial charge is 0.491 e. The van der Waals surface area contributed by atoms with E-state index in [9.17, 15) is 24.3 Å². The van der Waals surface area contributed by atoms with E-state index in [-0.39, 0.29) is 58.5 Å². The van der Waals surface area contributed by atoms with Crippen LogP contribution in [0.25, 0.3) is 43.4 Å². The highest BCUT2D eigenvalue weighted by Gasteiger charge is 2.44. The Kier molecular flexibility index (Phi) is 15.1. The molecule has 366 valence electrons. The molecule has 16 nitrogen and oxygen atoms in total. The number of nitrogens with zero attached hydrogens (tertiary/aromatic N) is 4. The first-order valence-corrected chi connectivity index (χ1v) is 24.2. The number of benzene rings is 4. The molecular formula is C53H59N7O9S. The van der Waals surface area contributed by atoms with E-state index < -0.39 is 41.3 Å². The molecule has 0 spiro atoms. The highest BCUT2D eigenvalue weighted by atomic mass is 32.1. The van der Waals surface area contributed by atoms with E-state index in [4.69, 9.17) is 24.5 Å². The molecule has 5 N–H and O–H groups in total. The summed E-state index contributed by atoms with van der Waals surface area (Å²) in [4.78, 5) is 60.6. The Morgan fingerprint density at radius 3 is 2.31 bits per heavy atom. The molecule has 7 aromatic rings. The van der Waals surface area contributed by atoms with Crippen molar-refractivity contribution in [3.63, 3.8) is 0 Å². The number of primary amides is 1. The van der Waals surface area contributed by atoms with E-state index >= 15 is 0 Å². The Morgan fingerprint density at radius 2 is 1.63 bits per heavy atom. The van der Waals surface area contributed by atoms with Crippen LogP contribution in [-0.2, 0) is 36.9 Å². The molecule has 1 aliphatic heterocycles. The number of fused-ring (bicyclic) bond motifs is 3. The zero-order valence-electron chi connectivity index (χ0n) is 40.2. The fourth-order valence-electron chi connectivity index (χ4n) is 9.05. The summed E-state index contributed by atoms with van der Waals surface area (Å²) in [5, 5.41) is 22.0. The number of carbonyl (C=O) groups is 4. The standard InChI is InChI=1S/C53H59N7O9S/c1-31-46(33(3)69-58-31)37-22-41(50(54)63)47-40-25-39(16-17-42(40)59(43(47)23-37)27-35-10-8-7-9-11-35)68-21-20-66-18-19-67-29-45(62)57-49(53(4,5)6)52(65)60-28-38(61)24-44(60)51(64)55-26-34-12-14-36(15-13-34)48-32(2)56-30-70-48/h7-17,22-23,25,30,38,44,49,61H,18-21,24,26-29H2,1-6H3,(H2,54,63)(H,55,64)(H,57,62)/t38-,44+,49?/m1/s1. The minimum absolute atomic E-state index is 0.0320. The average Bonchev–Trinajstić information content (AvgIpc) is 4.11. The fraction of sp³-hybridized carbons (Fsp3) is 0.358. The predicted octanol–water partition coefficient (Wildman–Crippen LogP) is 6.87. The minimum atomic E-state index is -0.993. The van der Waals surface area contributed by atoms with Crippen LogP contribution in [0.15, 0.2) is 95.0 Å². The Bertz CT molecular complexity index is 2990. The van der Waals surface area contributed by atoms with Gasteiger partial charge < -0.3 is 49.7 Å². The number of hydrogen-bond donors (Lipinski definition) is 4. The smallest absolute Gasteiger partial charge is 0.249 e. The lowest BCUT2D eigenvalue weighted by atomic mass is 9.85. The number of ether oxygens (including phenoxy) is 3. The fourth-order valence-corrected chi connectivity index (χ4v) is 9.86. The van der Waals surface area contributed by atoms with E-state index in [0.717, 1.165) is 54.8 Å². The second-order valence-corrected chi connectivity index (χ2v) is 19.5. The first kappa shape index (κ1) is 49.5. The summed E-state index contributed by atoms with van der Waals surface area (Å²) < 4.78 is 25.1. The summed E-state index contributed by atoms with van der Waals surface area (Å²) in [5.41, 5.74) is 15.5. The van der Waals surface area contributed by atoms with Crippen molar-refractivity contribution in [2.45, 2.75) is 79.2 Å². The molecule has 17 heteroatoms. The van der Waals surface area contributed by atoms with Gasteiger partial charge in [-0.1, -0.05) is 80.5 Å². The first-order valence-electron chi connectivity index (χ1n) is 23.3. The lowest BCUT2D eigenvalue weighted by Gasteiger charge is -2.35. The van der Waals surface area contributed by atoms with Crippen molar-refractivity contribution in [3.05, 3.63) is 124 Å². The predicted molar refractivity (Wildman–Crippen MR) is 267 cm³/mol. The van der Waals surface area contributed by atoms with Gasteiger partial charge in [0, 0.05) is 53.5 Å². The summed E-state index contributed by atoms with van der Waals surface area (Å²) in [6, 6.07) is 25.6. The van der Waals surface area contributed by atoms with Gasteiger partial charge in [-0.25, -0.2) is 4.98 Å². The third-order valence-electron chi connectivity index (χ3n) is 12.5. The van der Waals surface area contributed by atoms with Crippen molar-refractivity contribution in [1.82, 2.24) is 30.2 Å². The molecule has 0 aliphatic carbocycles. The van der Waals surface area contributed by atoms with Crippen LogP contribution in [0.2, 0.25) is 0 Å². The van der Waals surface area contributed by atoms with Gasteiger partial charge in [0.15, 0.2) is 0 Å². The summed E-state index contributed by atoms with van der Waals surface area (Å²) in [7, 11) is 0. The van der Waals surface area contributed by atoms with Crippen LogP contribution in [-0.4, -0.2) is 106 Å². The van der Waals surface area contributed by atoms with E-state index in [2.05, 4.69) is 37.5 Å². The summed E-state index contributed by atoms with van der Waals surface area (Å²) >= 11 is 1.57. The molecule has 1 unspecified atom stereocenters. The summed E-state index contributed by atoms with van der Waals surface area (Å²) in [6.45, 7) is 12.3. The van der Waals surface area contributed by atoms with Crippen LogP contribution in [0, 0.1) is 26.2 Å². The van der Waals surface area contributed by atoms with E-state index in [1.807, 2.05) is 114 Å². The van der Waals surface area contributed by atoms with Crippen LogP contribution < -0.4 is 21.1 Å². The minimum Gasteiger partial charge on any atom is -0.491 e. The van der Waals surface area contributed by atoms with Gasteiger partial charge in [0.05, 0.1) is 53.2 Å². The average molecular weight is 970 g/mol. The molecule has 4 aromatic carbocycles. The van der Waals surface area contributed by atoms with Crippen molar-refractivity contribution in [1.29, 1.82) is 0 Å². The first-order chi connectivity index (χ1) is 33.6. The number of thiazole rings is 1. The molecule has 1 aliphatic rings. The van der Waals surface area contributed by atoms with E-state index in [0.29, 0.717) is 34.7 Å². The number of aryl methyl sites for hydroxylation is 3. The molecule has 4 heterocycles. The van der Waals surface area contributed by atoms with E-state index in [1.54, 1.807) is 17.4 Å². The lowest BCUT2D eigenvalue weighted by Crippen LogP contribution is -2.58. The number of aliphatic hydroxyl groups excluding tert-OH is 1. The van der Waals surface area contributed by atoms with Gasteiger partial charge in [-0.05, 0) is 78.8 Å². The number of amides is 4. The Hall–Kier alpha value is -6.92. The van der Waals surface area contributed by atoms with Crippen molar-refractivity contribution in [2.75, 3.05) is 39.6 Å². The van der Waals surface area contributed by atoms with Crippen molar-refractivity contribution < 1.29 is 43.0 Å². The van der Waals surface area contributed by atoms with Crippen LogP contribution in [0.4, 0.5) is 0 Å². The number of aromatic nitrogens is 3. The van der Waals surface area contributed by atoms with Gasteiger partial charge >= 0.3 is 0 Å². The molecular weight excluding hydrogens is 911 g/mol. The number of aliphatic hydroxyl groups is 1. The highest BCUT2D eigenvalue weighted by molar-refractivity contribution is 7.13. The number of carbonyl (C=O) groups excluding carboxylic acids is 4. The summed E-state index contributed by atoms with van der Waals surface area (Å²) in [5.74, 6) is -0.689. The molecule has 0 bridgehead atoms. The second kappa shape index (κ2) is 21.4. The number of nitrogens with two attached hydrogens (primary N) is 1. The quantitative estimate of drug-likeness (QED) is 0.0615. The summed E-state index contributed by atoms with van der Waals surface area (Å²) in [6.07, 6.45) is -0.805. The monoisotopic (exact) mass is 969 g/mol. The Morgan fingerprint density at radius 1 is 0.886 bits per heavy atom. The zero-order valence-corrected chi connectivity index (χ0v) is 41.1. The maximum Gasteiger partial charge on any atom is 0.249 e. The number of rotatable bonds is 19. The molecule has 1 saturated heterocycles. The highest BCUT2D eigenvalue weighted by Crippen LogP contribution is 2.39. The van der Waals surface area contributed by atoms with Crippen LogP contribution in [0.1, 0.15) is 65.8 Å². The second-order valence-electron chi connectivity index (χ2n) is 18.7. The maximum absolute atomic E-state index is 14.0. The third-order valence-corrected chi connectivity index (χ3v) is 13.5. The zero-order chi connectivity index (χ0) is 49.7. The number of β-amino-alcohol motifs (C(OH)–C–C–N with tert-alkyl or cyclic N) is 1. The molecule has 8 rings (SSSR count). The third kappa shape index (κ3) is 11.1. The van der Waals surface area contributed by atoms with Crippen molar-refractivity contribution in [2.24, 2.45) is 11.1 Å². The molecule has 0 saturated carbocycles. The normalized spacial score (nSPS) is 15.4. The van der Waals surface area contributed by atoms with E-state index in [1.165, 1.54) is 4.90 Å². The number of nitrogens with one attached hydrogen (secondary N) is 2. The van der Waals surface area contributed by atoms with Gasteiger partial charge in [0.25, 0.3) is 0 Å². The number of hydrogen-bond acceptors (Lipinski definition) is 12. The van der Waals surface area contributed by atoms with Crippen LogP contribution in [0.3, 0.4) is 0 Å². The molecule has 4 amide bonds. The van der Waals surface area contributed by atoms with Gasteiger partial charge in [-0.15, -0.1) is 11.3 Å². The van der Waals surface area contributed by atoms with Gasteiger partial charge in [0.2, 0.25) is 23.6 Å². The van der Waals surface area contributed by atoms with Crippen LogP contribution in [0.5, 0.6) is 5.75 Å². The molecule has 70 heavy (non-hydrogen) atoms. The molecule has 3 atom stereocenters. The Balaban J connectivity index is 0.830. The topological polar surface area (TPSA) is 213 Å². The van der Waals surface area contributed by atoms with Crippen molar-refractivity contribution >= 4 is 56.8 Å².